The highest BCUT2D eigenvalue weighted by molar-refractivity contribution is 5.32. The molecule has 1 aliphatic rings. The van der Waals surface area contributed by atoms with E-state index in [1.54, 1.807) is 0 Å². The molecule has 2 rings (SSSR count). The van der Waals surface area contributed by atoms with Crippen molar-refractivity contribution in [3.63, 3.8) is 0 Å². The van der Waals surface area contributed by atoms with Gasteiger partial charge in [-0.25, -0.2) is 0 Å². The molecular weight excluding hydrogens is 218 g/mol. The number of aryl methyl sites for hydroxylation is 1. The van der Waals surface area contributed by atoms with Crippen LogP contribution in [0, 0.1) is 25.7 Å². The van der Waals surface area contributed by atoms with Gasteiger partial charge in [-0.3, -0.25) is 0 Å². The van der Waals surface area contributed by atoms with Crippen LogP contribution in [0.4, 0.5) is 0 Å². The van der Waals surface area contributed by atoms with Crippen molar-refractivity contribution < 1.29 is 0 Å². The lowest BCUT2D eigenvalue weighted by Gasteiger charge is -2.35. The van der Waals surface area contributed by atoms with Gasteiger partial charge in [0.25, 0.3) is 0 Å². The van der Waals surface area contributed by atoms with E-state index in [9.17, 15) is 0 Å². The Hall–Kier alpha value is -0.820. The summed E-state index contributed by atoms with van der Waals surface area (Å²) in [7, 11) is 0. The second kappa shape index (κ2) is 5.88. The molecule has 1 heteroatoms. The van der Waals surface area contributed by atoms with Crippen molar-refractivity contribution in [1.82, 2.24) is 5.32 Å². The van der Waals surface area contributed by atoms with E-state index < -0.39 is 0 Å². The lowest BCUT2D eigenvalue weighted by Crippen LogP contribution is -2.40. The van der Waals surface area contributed by atoms with E-state index in [0.29, 0.717) is 6.04 Å². The molecule has 100 valence electrons. The van der Waals surface area contributed by atoms with Crippen LogP contribution in [-0.2, 0) is 6.54 Å². The van der Waals surface area contributed by atoms with E-state index in [0.717, 1.165) is 18.4 Å². The number of hydrogen-bond acceptors (Lipinski definition) is 1. The Kier molecular flexibility index (Phi) is 4.45. The molecule has 0 aromatic heterocycles. The zero-order chi connectivity index (χ0) is 13.1. The molecule has 1 aromatic carbocycles. The van der Waals surface area contributed by atoms with E-state index in [1.165, 1.54) is 36.0 Å². The summed E-state index contributed by atoms with van der Waals surface area (Å²) < 4.78 is 0. The summed E-state index contributed by atoms with van der Waals surface area (Å²) >= 11 is 0. The van der Waals surface area contributed by atoms with Gasteiger partial charge >= 0.3 is 0 Å². The highest BCUT2D eigenvalue weighted by Gasteiger charge is 2.26. The Labute approximate surface area is 112 Å². The van der Waals surface area contributed by atoms with Crippen molar-refractivity contribution in [1.29, 1.82) is 0 Å². The van der Waals surface area contributed by atoms with E-state index in [-0.39, 0.29) is 0 Å². The maximum atomic E-state index is 3.79. The molecular formula is C17H27N. The summed E-state index contributed by atoms with van der Waals surface area (Å²) in [5, 5.41) is 3.79. The smallest absolute Gasteiger partial charge is 0.0210 e. The van der Waals surface area contributed by atoms with Crippen LogP contribution in [0.15, 0.2) is 18.2 Å². The van der Waals surface area contributed by atoms with Gasteiger partial charge < -0.3 is 5.32 Å². The lowest BCUT2D eigenvalue weighted by atomic mass is 9.78. The first kappa shape index (κ1) is 13.6. The van der Waals surface area contributed by atoms with Crippen LogP contribution < -0.4 is 5.32 Å². The molecule has 1 fully saturated rings. The van der Waals surface area contributed by atoms with Crippen molar-refractivity contribution >= 4 is 0 Å². The van der Waals surface area contributed by atoms with Gasteiger partial charge in [-0.05, 0) is 48.8 Å². The molecule has 1 aliphatic carbocycles. The lowest BCUT2D eigenvalue weighted by molar-refractivity contribution is 0.206. The molecule has 0 bridgehead atoms. The van der Waals surface area contributed by atoms with Crippen LogP contribution in [-0.4, -0.2) is 6.04 Å². The Morgan fingerprint density at radius 3 is 2.72 bits per heavy atom. The third kappa shape index (κ3) is 2.95. The van der Waals surface area contributed by atoms with Gasteiger partial charge in [0.15, 0.2) is 0 Å². The fourth-order valence-electron chi connectivity index (χ4n) is 3.11. The average molecular weight is 245 g/mol. The average Bonchev–Trinajstić information content (AvgIpc) is 2.36. The molecule has 0 radical (unpaired) electrons. The van der Waals surface area contributed by atoms with Crippen molar-refractivity contribution in [3.05, 3.63) is 34.9 Å². The van der Waals surface area contributed by atoms with Gasteiger partial charge in [0, 0.05) is 12.6 Å². The summed E-state index contributed by atoms with van der Waals surface area (Å²) in [6.45, 7) is 10.3. The van der Waals surface area contributed by atoms with Gasteiger partial charge in [-0.15, -0.1) is 0 Å². The Morgan fingerprint density at radius 1 is 1.17 bits per heavy atom. The van der Waals surface area contributed by atoms with Crippen molar-refractivity contribution in [2.75, 3.05) is 0 Å². The van der Waals surface area contributed by atoms with Gasteiger partial charge in [0.2, 0.25) is 0 Å². The minimum atomic E-state index is 0.702. The largest absolute Gasteiger partial charge is 0.310 e. The second-order valence-electron chi connectivity index (χ2n) is 6.11. The van der Waals surface area contributed by atoms with E-state index in [4.69, 9.17) is 0 Å². The third-order valence-corrected chi connectivity index (χ3v) is 4.98. The fourth-order valence-corrected chi connectivity index (χ4v) is 3.11. The monoisotopic (exact) mass is 245 g/mol. The zero-order valence-electron chi connectivity index (χ0n) is 12.3. The van der Waals surface area contributed by atoms with Crippen molar-refractivity contribution in [2.45, 2.75) is 59.5 Å². The van der Waals surface area contributed by atoms with Crippen molar-refractivity contribution in [2.24, 2.45) is 11.8 Å². The van der Waals surface area contributed by atoms with Crippen LogP contribution in [0.5, 0.6) is 0 Å². The SMILES string of the molecule is Cc1cccc(CNC2CCCC(C)C2C)c1C. The van der Waals surface area contributed by atoms with Gasteiger partial charge in [0.1, 0.15) is 0 Å². The van der Waals surface area contributed by atoms with Crippen LogP contribution in [0.1, 0.15) is 49.8 Å². The molecule has 0 heterocycles. The molecule has 1 saturated carbocycles. The highest BCUT2D eigenvalue weighted by Crippen LogP contribution is 2.29. The number of benzene rings is 1. The van der Waals surface area contributed by atoms with Crippen LogP contribution in [0.3, 0.4) is 0 Å². The van der Waals surface area contributed by atoms with Crippen LogP contribution >= 0.6 is 0 Å². The molecule has 1 N–H and O–H groups in total. The molecule has 0 saturated heterocycles. The molecule has 0 amide bonds. The predicted octanol–water partition coefficient (Wildman–Crippen LogP) is 4.22. The molecule has 3 atom stereocenters. The quantitative estimate of drug-likeness (QED) is 0.841. The Bertz CT molecular complexity index is 397. The highest BCUT2D eigenvalue weighted by atomic mass is 14.9. The predicted molar refractivity (Wildman–Crippen MR) is 78.7 cm³/mol. The van der Waals surface area contributed by atoms with Gasteiger partial charge in [0.05, 0.1) is 0 Å². The topological polar surface area (TPSA) is 12.0 Å². The van der Waals surface area contributed by atoms with E-state index >= 15 is 0 Å². The summed E-state index contributed by atoms with van der Waals surface area (Å²) in [6.07, 6.45) is 4.13. The maximum absolute atomic E-state index is 3.79. The zero-order valence-corrected chi connectivity index (χ0v) is 12.3. The molecule has 0 aliphatic heterocycles. The molecule has 1 nitrogen and oxygen atoms in total. The first-order valence-corrected chi connectivity index (χ1v) is 7.38. The van der Waals surface area contributed by atoms with E-state index in [1.807, 2.05) is 0 Å². The van der Waals surface area contributed by atoms with E-state index in [2.05, 4.69) is 51.2 Å². The normalized spacial score (nSPS) is 28.3. The molecule has 3 unspecified atom stereocenters. The molecule has 1 aromatic rings. The Morgan fingerprint density at radius 2 is 1.94 bits per heavy atom. The fraction of sp³-hybridized carbons (Fsp3) is 0.647. The second-order valence-corrected chi connectivity index (χ2v) is 6.11. The summed E-state index contributed by atoms with van der Waals surface area (Å²) in [5.41, 5.74) is 4.31. The number of nitrogens with one attached hydrogen (secondary N) is 1. The maximum Gasteiger partial charge on any atom is 0.0210 e. The molecule has 18 heavy (non-hydrogen) atoms. The van der Waals surface area contributed by atoms with Crippen molar-refractivity contribution in [3.8, 4) is 0 Å². The Balaban J connectivity index is 1.97. The number of hydrogen-bond donors (Lipinski definition) is 1. The summed E-state index contributed by atoms with van der Waals surface area (Å²) in [6, 6.07) is 7.33. The van der Waals surface area contributed by atoms with Crippen LogP contribution in [0.25, 0.3) is 0 Å². The van der Waals surface area contributed by atoms with Crippen LogP contribution in [0.2, 0.25) is 0 Å². The first-order chi connectivity index (χ1) is 8.59. The summed E-state index contributed by atoms with van der Waals surface area (Å²) in [5.74, 6) is 1.68. The van der Waals surface area contributed by atoms with Gasteiger partial charge in [-0.1, -0.05) is 44.9 Å². The minimum Gasteiger partial charge on any atom is -0.310 e. The minimum absolute atomic E-state index is 0.702. The molecule has 0 spiro atoms. The first-order valence-electron chi connectivity index (χ1n) is 7.38. The summed E-state index contributed by atoms with van der Waals surface area (Å²) in [4.78, 5) is 0. The number of rotatable bonds is 3. The third-order valence-electron chi connectivity index (χ3n) is 4.98. The van der Waals surface area contributed by atoms with Gasteiger partial charge in [-0.2, -0.15) is 0 Å². The standard InChI is InChI=1S/C17H27N/c1-12-7-5-9-16(14(12)3)11-18-17-10-6-8-13(2)15(17)4/h5,7,9,13,15,17-18H,6,8,10-11H2,1-4H3.